The Morgan fingerprint density at radius 1 is 1.25 bits per heavy atom. The number of nitrogens with zero attached hydrogens (tertiary/aromatic N) is 2. The van der Waals surface area contributed by atoms with Crippen molar-refractivity contribution in [3.05, 3.63) is 74.6 Å². The van der Waals surface area contributed by atoms with E-state index in [1.165, 1.54) is 12.7 Å². The van der Waals surface area contributed by atoms with E-state index < -0.39 is 5.92 Å². The summed E-state index contributed by atoms with van der Waals surface area (Å²) in [4.78, 5) is 0. The van der Waals surface area contributed by atoms with Crippen LogP contribution in [0.4, 0.5) is 0 Å². The van der Waals surface area contributed by atoms with Crippen LogP contribution in [0.25, 0.3) is 11.3 Å². The predicted molar refractivity (Wildman–Crippen MR) is 125 cm³/mol. The van der Waals surface area contributed by atoms with E-state index in [4.69, 9.17) is 38.4 Å². The fourth-order valence-electron chi connectivity index (χ4n) is 4.07. The zero-order valence-electron chi connectivity index (χ0n) is 17.9. The fourth-order valence-corrected chi connectivity index (χ4v) is 4.65. The van der Waals surface area contributed by atoms with Crippen LogP contribution in [0.1, 0.15) is 36.5 Å². The summed E-state index contributed by atoms with van der Waals surface area (Å²) in [5.41, 5.74) is 10.5. The van der Waals surface area contributed by atoms with Crippen molar-refractivity contribution in [2.24, 2.45) is 11.7 Å². The molecule has 0 bridgehead atoms. The minimum atomic E-state index is -0.626. The number of H-pyrrole nitrogens is 1. The maximum absolute atomic E-state index is 9.93. The van der Waals surface area contributed by atoms with Gasteiger partial charge in [0.25, 0.3) is 0 Å². The second-order valence-corrected chi connectivity index (χ2v) is 8.89. The first-order chi connectivity index (χ1) is 15.3. The molecule has 3 N–H and O–H groups in total. The third-order valence-electron chi connectivity index (χ3n) is 5.38. The fraction of sp³-hybridized carbons (Fsp3) is 0.250. The van der Waals surface area contributed by atoms with Crippen LogP contribution < -0.4 is 15.2 Å². The Labute approximate surface area is 196 Å². The Bertz CT molecular complexity index is 1240. The molecule has 0 amide bonds. The van der Waals surface area contributed by atoms with E-state index in [0.717, 1.165) is 17.7 Å². The predicted octanol–water partition coefficient (Wildman–Crippen LogP) is 5.81. The first-order valence-corrected chi connectivity index (χ1v) is 10.9. The minimum absolute atomic E-state index is 0.0199. The van der Waals surface area contributed by atoms with E-state index >= 15 is 0 Å². The number of hydrogen-bond acceptors (Lipinski definition) is 5. The van der Waals surface area contributed by atoms with Crippen LogP contribution in [0.5, 0.6) is 11.6 Å². The first-order valence-electron chi connectivity index (χ1n) is 10.1. The Balaban J connectivity index is 1.91. The molecule has 2 heterocycles. The maximum Gasteiger partial charge on any atom is 0.244 e. The van der Waals surface area contributed by atoms with Crippen LogP contribution in [-0.2, 0) is 6.42 Å². The number of rotatable bonds is 5. The van der Waals surface area contributed by atoms with Gasteiger partial charge in [0.2, 0.25) is 11.8 Å². The van der Waals surface area contributed by atoms with Crippen molar-refractivity contribution in [3.63, 3.8) is 0 Å². The van der Waals surface area contributed by atoms with Gasteiger partial charge in [-0.25, -0.2) is 0 Å². The van der Waals surface area contributed by atoms with Gasteiger partial charge in [-0.2, -0.15) is 5.26 Å². The van der Waals surface area contributed by atoms with Gasteiger partial charge in [-0.15, -0.1) is 5.10 Å². The normalized spacial score (nSPS) is 15.3. The first kappa shape index (κ1) is 22.1. The van der Waals surface area contributed by atoms with Crippen LogP contribution >= 0.6 is 23.2 Å². The molecule has 1 aliphatic heterocycles. The summed E-state index contributed by atoms with van der Waals surface area (Å²) in [5, 5.41) is 18.1. The Hall–Kier alpha value is -3.14. The second kappa shape index (κ2) is 8.78. The molecular formula is C24H22Cl2N4O2. The molecule has 0 fully saturated rings. The highest BCUT2D eigenvalue weighted by Crippen LogP contribution is 2.49. The van der Waals surface area contributed by atoms with Gasteiger partial charge in [0.15, 0.2) is 0 Å². The van der Waals surface area contributed by atoms with E-state index in [1.54, 1.807) is 12.1 Å². The highest BCUT2D eigenvalue weighted by Gasteiger charge is 2.37. The standard InChI is InChI=1S/C24H22Cl2N4O2/c1-12(2)8-13-4-6-14(7-5-13)21-20-19(16-9-15(25)10-18(26)22(16)31-3)17(11-27)23(28)32-24(20)30-29-21/h4-7,9-10,12,19H,8,28H2,1-3H3,(H,29,30). The van der Waals surface area contributed by atoms with E-state index in [2.05, 4.69) is 42.2 Å². The lowest BCUT2D eigenvalue weighted by Crippen LogP contribution is -2.21. The van der Waals surface area contributed by atoms with Crippen molar-refractivity contribution < 1.29 is 9.47 Å². The molecule has 0 saturated carbocycles. The molecule has 0 spiro atoms. The van der Waals surface area contributed by atoms with E-state index in [9.17, 15) is 5.26 Å². The van der Waals surface area contributed by atoms with Crippen molar-refractivity contribution >= 4 is 23.2 Å². The molecule has 8 heteroatoms. The number of allylic oxidation sites excluding steroid dienone is 1. The number of halogens is 2. The van der Waals surface area contributed by atoms with Gasteiger partial charge in [-0.3, -0.25) is 5.10 Å². The third kappa shape index (κ3) is 3.90. The minimum Gasteiger partial charge on any atom is -0.495 e. The van der Waals surface area contributed by atoms with Crippen LogP contribution in [-0.4, -0.2) is 17.3 Å². The Morgan fingerprint density at radius 3 is 2.59 bits per heavy atom. The van der Waals surface area contributed by atoms with Crippen LogP contribution in [0.15, 0.2) is 47.9 Å². The zero-order chi connectivity index (χ0) is 23.0. The van der Waals surface area contributed by atoms with Crippen molar-refractivity contribution in [2.45, 2.75) is 26.2 Å². The molecular weight excluding hydrogens is 447 g/mol. The number of benzene rings is 2. The number of hydrogen-bond donors (Lipinski definition) is 2. The Morgan fingerprint density at radius 2 is 1.97 bits per heavy atom. The SMILES string of the molecule is COc1c(Cl)cc(Cl)cc1C1C(C#N)=C(N)Oc2n[nH]c(-c3ccc(CC(C)C)cc3)c21. The molecule has 4 rings (SSSR count). The van der Waals surface area contributed by atoms with Gasteiger partial charge in [-0.1, -0.05) is 61.3 Å². The van der Waals surface area contributed by atoms with Gasteiger partial charge >= 0.3 is 0 Å². The molecule has 0 radical (unpaired) electrons. The van der Waals surface area contributed by atoms with Crippen molar-refractivity contribution in [3.8, 4) is 29.0 Å². The number of nitrogens with two attached hydrogens (primary N) is 1. The lowest BCUT2D eigenvalue weighted by molar-refractivity contribution is 0.375. The number of aromatic nitrogens is 2. The van der Waals surface area contributed by atoms with Gasteiger partial charge in [-0.05, 0) is 30.0 Å². The molecule has 1 aliphatic rings. The van der Waals surface area contributed by atoms with Gasteiger partial charge in [0.1, 0.15) is 17.4 Å². The van der Waals surface area contributed by atoms with E-state index in [1.807, 2.05) is 12.1 Å². The molecule has 6 nitrogen and oxygen atoms in total. The third-order valence-corrected chi connectivity index (χ3v) is 5.88. The topological polar surface area (TPSA) is 96.9 Å². The van der Waals surface area contributed by atoms with Gasteiger partial charge in [0.05, 0.1) is 29.3 Å². The molecule has 1 atom stereocenters. The average Bonchev–Trinajstić information content (AvgIpc) is 3.15. The van der Waals surface area contributed by atoms with Gasteiger partial charge < -0.3 is 15.2 Å². The summed E-state index contributed by atoms with van der Waals surface area (Å²) in [6.07, 6.45) is 0.989. The smallest absolute Gasteiger partial charge is 0.244 e. The monoisotopic (exact) mass is 468 g/mol. The summed E-state index contributed by atoms with van der Waals surface area (Å²) in [6.45, 7) is 4.37. The molecule has 1 aromatic heterocycles. The molecule has 164 valence electrons. The molecule has 0 saturated heterocycles. The number of nitrogens with one attached hydrogen (secondary N) is 1. The van der Waals surface area contributed by atoms with Crippen molar-refractivity contribution in [1.29, 1.82) is 5.26 Å². The molecule has 32 heavy (non-hydrogen) atoms. The number of aromatic amines is 1. The van der Waals surface area contributed by atoms with E-state index in [-0.39, 0.29) is 11.5 Å². The average molecular weight is 469 g/mol. The van der Waals surface area contributed by atoms with Crippen molar-refractivity contribution in [2.75, 3.05) is 7.11 Å². The summed E-state index contributed by atoms with van der Waals surface area (Å²) in [7, 11) is 1.52. The number of ether oxygens (including phenoxy) is 2. The van der Waals surface area contributed by atoms with Crippen LogP contribution in [0.2, 0.25) is 10.0 Å². The molecule has 1 unspecified atom stereocenters. The van der Waals surface area contributed by atoms with Gasteiger partial charge in [0, 0.05) is 16.1 Å². The highest BCUT2D eigenvalue weighted by molar-refractivity contribution is 6.35. The summed E-state index contributed by atoms with van der Waals surface area (Å²) in [6, 6.07) is 13.7. The Kier molecular flexibility index (Phi) is 6.05. The quantitative estimate of drug-likeness (QED) is 0.492. The highest BCUT2D eigenvalue weighted by atomic mass is 35.5. The summed E-state index contributed by atoms with van der Waals surface area (Å²) < 4.78 is 11.3. The molecule has 2 aromatic carbocycles. The summed E-state index contributed by atoms with van der Waals surface area (Å²) in [5.74, 6) is 0.622. The van der Waals surface area contributed by atoms with Crippen LogP contribution in [0, 0.1) is 17.2 Å². The lowest BCUT2D eigenvalue weighted by atomic mass is 9.82. The van der Waals surface area contributed by atoms with E-state index in [0.29, 0.717) is 38.7 Å². The number of methoxy groups -OCH3 is 1. The second-order valence-electron chi connectivity index (χ2n) is 8.05. The molecule has 0 aliphatic carbocycles. The molecule has 3 aromatic rings. The summed E-state index contributed by atoms with van der Waals surface area (Å²) >= 11 is 12.7. The number of fused-ring (bicyclic) bond motifs is 1. The largest absolute Gasteiger partial charge is 0.495 e. The number of nitriles is 1. The van der Waals surface area contributed by atoms with Crippen molar-refractivity contribution in [1.82, 2.24) is 10.2 Å². The zero-order valence-corrected chi connectivity index (χ0v) is 19.4. The van der Waals surface area contributed by atoms with Crippen LogP contribution in [0.3, 0.4) is 0 Å². The lowest BCUT2D eigenvalue weighted by Gasteiger charge is -2.26. The maximum atomic E-state index is 9.93.